The molecule has 2 aliphatic rings. The van der Waals surface area contributed by atoms with Crippen LogP contribution in [0.2, 0.25) is 0 Å². The number of ether oxygens (including phenoxy) is 5. The van der Waals surface area contributed by atoms with Gasteiger partial charge < -0.3 is 23.7 Å². The van der Waals surface area contributed by atoms with Crippen molar-refractivity contribution in [1.82, 2.24) is 0 Å². The second-order valence-corrected chi connectivity index (χ2v) is 6.74. The summed E-state index contributed by atoms with van der Waals surface area (Å²) in [5, 5.41) is 0. The molecule has 7 nitrogen and oxygen atoms in total. The number of carbonyl (C=O) groups is 1. The zero-order valence-corrected chi connectivity index (χ0v) is 16.4. The monoisotopic (exact) mass is 389 g/mol. The first-order valence-electron chi connectivity index (χ1n) is 9.46. The van der Waals surface area contributed by atoms with E-state index in [1.165, 1.54) is 6.92 Å². The van der Waals surface area contributed by atoms with Crippen molar-refractivity contribution < 1.29 is 28.5 Å². The summed E-state index contributed by atoms with van der Waals surface area (Å²) >= 11 is 0. The van der Waals surface area contributed by atoms with E-state index in [0.29, 0.717) is 19.1 Å². The molecule has 0 aromatic heterocycles. The van der Waals surface area contributed by atoms with Crippen LogP contribution in [0.15, 0.2) is 47.5 Å². The first kappa shape index (κ1) is 20.5. The molecule has 0 saturated carbocycles. The van der Waals surface area contributed by atoms with E-state index in [1.807, 2.05) is 49.4 Å². The fourth-order valence-corrected chi connectivity index (χ4v) is 3.32. The Morgan fingerprint density at radius 1 is 1.25 bits per heavy atom. The Bertz CT molecular complexity index is 704. The van der Waals surface area contributed by atoms with Gasteiger partial charge in [0.15, 0.2) is 12.0 Å². The molecule has 5 atom stereocenters. The van der Waals surface area contributed by atoms with Crippen molar-refractivity contribution in [3.05, 3.63) is 48.0 Å². The molecule has 0 radical (unpaired) electrons. The van der Waals surface area contributed by atoms with E-state index in [9.17, 15) is 4.79 Å². The number of esters is 1. The molecule has 1 aromatic carbocycles. The normalized spacial score (nSPS) is 29.2. The fourth-order valence-electron chi connectivity index (χ4n) is 3.32. The molecular weight excluding hydrogens is 362 g/mol. The lowest BCUT2D eigenvalue weighted by molar-refractivity contribution is -0.252. The summed E-state index contributed by atoms with van der Waals surface area (Å²) in [5.74, 6) is 0.126. The highest BCUT2D eigenvalue weighted by Crippen LogP contribution is 2.32. The Hall–Kier alpha value is -2.22. The number of allylic oxidation sites excluding steroid dienone is 1. The molecule has 0 amide bonds. The van der Waals surface area contributed by atoms with Crippen LogP contribution in [0, 0.1) is 0 Å². The highest BCUT2D eigenvalue weighted by Gasteiger charge is 2.52. The highest BCUT2D eigenvalue weighted by molar-refractivity contribution is 5.75. The minimum absolute atomic E-state index is 0.238. The lowest BCUT2D eigenvalue weighted by Gasteiger charge is -2.41. The van der Waals surface area contributed by atoms with Crippen LogP contribution in [0.4, 0.5) is 0 Å². The first-order valence-corrected chi connectivity index (χ1v) is 9.46. The molecule has 1 fully saturated rings. The summed E-state index contributed by atoms with van der Waals surface area (Å²) in [6.45, 7) is 6.11. The molecule has 2 heterocycles. The SMILES string of the molecule is C/C=C/CO[C@H]1[C@@H]2N=C(C)O[C@@H]2O[C@@H](COCc2ccccc2)[C@@H]1OC(C)=O. The van der Waals surface area contributed by atoms with Gasteiger partial charge in [-0.25, -0.2) is 4.99 Å². The molecular formula is C21H27NO6. The lowest BCUT2D eigenvalue weighted by Crippen LogP contribution is -2.59. The van der Waals surface area contributed by atoms with Crippen LogP contribution in [0.25, 0.3) is 0 Å². The van der Waals surface area contributed by atoms with Gasteiger partial charge in [0, 0.05) is 13.8 Å². The van der Waals surface area contributed by atoms with Crippen molar-refractivity contribution in [2.75, 3.05) is 13.2 Å². The zero-order valence-electron chi connectivity index (χ0n) is 16.4. The van der Waals surface area contributed by atoms with Crippen molar-refractivity contribution in [2.24, 2.45) is 4.99 Å². The topological polar surface area (TPSA) is 75.6 Å². The Labute approximate surface area is 165 Å². The van der Waals surface area contributed by atoms with Crippen LogP contribution in [0.1, 0.15) is 26.3 Å². The van der Waals surface area contributed by atoms with Gasteiger partial charge in [0.05, 0.1) is 19.8 Å². The number of rotatable bonds is 8. The molecule has 0 N–H and O–H groups in total. The second kappa shape index (κ2) is 9.82. The highest BCUT2D eigenvalue weighted by atomic mass is 16.7. The van der Waals surface area contributed by atoms with E-state index in [-0.39, 0.29) is 12.6 Å². The third-order valence-corrected chi connectivity index (χ3v) is 4.55. The van der Waals surface area contributed by atoms with Gasteiger partial charge in [-0.2, -0.15) is 0 Å². The number of nitrogens with zero attached hydrogens (tertiary/aromatic N) is 1. The van der Waals surface area contributed by atoms with Crippen molar-refractivity contribution in [1.29, 1.82) is 0 Å². The van der Waals surface area contributed by atoms with Crippen LogP contribution in [0.5, 0.6) is 0 Å². The average Bonchev–Trinajstić information content (AvgIpc) is 3.04. The maximum atomic E-state index is 11.7. The molecule has 0 spiro atoms. The molecule has 3 rings (SSSR count). The van der Waals surface area contributed by atoms with Gasteiger partial charge in [0.1, 0.15) is 18.2 Å². The van der Waals surface area contributed by atoms with E-state index in [4.69, 9.17) is 23.7 Å². The zero-order chi connectivity index (χ0) is 19.9. The van der Waals surface area contributed by atoms with Crippen molar-refractivity contribution >= 4 is 11.9 Å². The Morgan fingerprint density at radius 3 is 2.75 bits per heavy atom. The number of hydrogen-bond donors (Lipinski definition) is 0. The van der Waals surface area contributed by atoms with Crippen LogP contribution in [-0.2, 0) is 35.1 Å². The summed E-state index contributed by atoms with van der Waals surface area (Å²) in [5.41, 5.74) is 1.05. The third-order valence-electron chi connectivity index (χ3n) is 4.55. The van der Waals surface area contributed by atoms with E-state index in [0.717, 1.165) is 5.56 Å². The number of benzene rings is 1. The molecule has 2 aliphatic heterocycles. The van der Waals surface area contributed by atoms with Gasteiger partial charge in [-0.05, 0) is 12.5 Å². The predicted molar refractivity (Wildman–Crippen MR) is 103 cm³/mol. The largest absolute Gasteiger partial charge is 0.457 e. The lowest BCUT2D eigenvalue weighted by atomic mass is 9.97. The van der Waals surface area contributed by atoms with E-state index >= 15 is 0 Å². The molecule has 28 heavy (non-hydrogen) atoms. The smallest absolute Gasteiger partial charge is 0.303 e. The van der Waals surface area contributed by atoms with Crippen molar-refractivity contribution in [3.63, 3.8) is 0 Å². The van der Waals surface area contributed by atoms with Gasteiger partial charge >= 0.3 is 5.97 Å². The van der Waals surface area contributed by atoms with Crippen molar-refractivity contribution in [2.45, 2.75) is 58.0 Å². The van der Waals surface area contributed by atoms with Crippen LogP contribution in [-0.4, -0.2) is 55.7 Å². The van der Waals surface area contributed by atoms with Crippen LogP contribution < -0.4 is 0 Å². The van der Waals surface area contributed by atoms with Gasteiger partial charge in [-0.15, -0.1) is 0 Å². The number of hydrogen-bond acceptors (Lipinski definition) is 7. The van der Waals surface area contributed by atoms with Gasteiger partial charge in [0.2, 0.25) is 6.29 Å². The standard InChI is InChI=1S/C21H27NO6/c1-4-5-11-25-20-18-21(26-14(2)22-18)28-17(19(20)27-15(3)23)13-24-12-16-9-7-6-8-10-16/h4-10,17-21H,11-13H2,1-3H3/b5-4+/t17-,18-,19-,20-,21+/m0/s1. The summed E-state index contributed by atoms with van der Waals surface area (Å²) in [6.07, 6.45) is 1.57. The Kier molecular flexibility index (Phi) is 7.19. The third kappa shape index (κ3) is 5.19. The van der Waals surface area contributed by atoms with E-state index < -0.39 is 30.6 Å². The van der Waals surface area contributed by atoms with Gasteiger partial charge in [-0.1, -0.05) is 42.5 Å². The first-order chi connectivity index (χ1) is 13.6. The molecule has 7 heteroatoms. The molecule has 1 saturated heterocycles. The van der Waals surface area contributed by atoms with Crippen molar-refractivity contribution in [3.8, 4) is 0 Å². The molecule has 0 aliphatic carbocycles. The second-order valence-electron chi connectivity index (χ2n) is 6.74. The number of fused-ring (bicyclic) bond motifs is 1. The minimum atomic E-state index is -0.641. The summed E-state index contributed by atoms with van der Waals surface area (Å²) in [6, 6.07) is 9.46. The van der Waals surface area contributed by atoms with Crippen LogP contribution in [0.3, 0.4) is 0 Å². The van der Waals surface area contributed by atoms with E-state index in [1.54, 1.807) is 6.92 Å². The Morgan fingerprint density at radius 2 is 2.04 bits per heavy atom. The predicted octanol–water partition coefficient (Wildman–Crippen LogP) is 2.64. The van der Waals surface area contributed by atoms with Gasteiger partial charge in [0.25, 0.3) is 0 Å². The molecule has 152 valence electrons. The quantitative estimate of drug-likeness (QED) is 0.503. The van der Waals surface area contributed by atoms with Crippen LogP contribution >= 0.6 is 0 Å². The average molecular weight is 389 g/mol. The Balaban J connectivity index is 1.72. The summed E-state index contributed by atoms with van der Waals surface area (Å²) in [7, 11) is 0. The number of aliphatic imine (C=N–C) groups is 1. The summed E-state index contributed by atoms with van der Waals surface area (Å²) < 4.78 is 29.1. The molecule has 1 aromatic rings. The summed E-state index contributed by atoms with van der Waals surface area (Å²) in [4.78, 5) is 16.2. The van der Waals surface area contributed by atoms with E-state index in [2.05, 4.69) is 4.99 Å². The number of carbonyl (C=O) groups excluding carboxylic acids is 1. The molecule has 0 bridgehead atoms. The maximum absolute atomic E-state index is 11.7. The maximum Gasteiger partial charge on any atom is 0.303 e. The van der Waals surface area contributed by atoms with Gasteiger partial charge in [-0.3, -0.25) is 4.79 Å². The minimum Gasteiger partial charge on any atom is -0.457 e. The fraction of sp³-hybridized carbons (Fsp3) is 0.524. The molecule has 0 unspecified atom stereocenters.